The number of ether oxygens (including phenoxy) is 3. The van der Waals surface area contributed by atoms with Crippen LogP contribution in [0, 0.1) is 0 Å². The van der Waals surface area contributed by atoms with Gasteiger partial charge in [-0.05, 0) is 77.1 Å². The maximum atomic E-state index is 6.06. The largest absolute Gasteiger partial charge is 0.465 e. The molecule has 3 nitrogen and oxygen atoms in total. The summed E-state index contributed by atoms with van der Waals surface area (Å²) < 4.78 is 17.8. The van der Waals surface area contributed by atoms with Gasteiger partial charge in [-0.1, -0.05) is 74.5 Å². The first kappa shape index (κ1) is 23.3. The molecule has 0 aliphatic carbocycles. The van der Waals surface area contributed by atoms with E-state index in [9.17, 15) is 0 Å². The van der Waals surface area contributed by atoms with Gasteiger partial charge >= 0.3 is 0 Å². The summed E-state index contributed by atoms with van der Waals surface area (Å²) in [6.45, 7) is 9.44. The fraction of sp³-hybridized carbons (Fsp3) is 0.333. The highest BCUT2D eigenvalue weighted by Gasteiger charge is 2.10. The average molecular weight is 443 g/mol. The SMILES string of the molecule is CCC(C)c1ccc(OC(C)OCCOC(C)c2ccc3ccc4ccccc4c3c2)cc1. The van der Waals surface area contributed by atoms with E-state index < -0.39 is 0 Å². The maximum absolute atomic E-state index is 6.06. The molecule has 0 bridgehead atoms. The topological polar surface area (TPSA) is 27.7 Å². The monoisotopic (exact) mass is 442 g/mol. The third kappa shape index (κ3) is 5.73. The smallest absolute Gasteiger partial charge is 0.197 e. The summed E-state index contributed by atoms with van der Waals surface area (Å²) >= 11 is 0. The Kier molecular flexibility index (Phi) is 7.64. The molecule has 4 aromatic carbocycles. The molecular weight excluding hydrogens is 408 g/mol. The minimum Gasteiger partial charge on any atom is -0.465 e. The molecule has 3 heteroatoms. The minimum atomic E-state index is -0.328. The highest BCUT2D eigenvalue weighted by Crippen LogP contribution is 2.29. The first-order chi connectivity index (χ1) is 16.0. The summed E-state index contributed by atoms with van der Waals surface area (Å²) in [4.78, 5) is 0. The summed E-state index contributed by atoms with van der Waals surface area (Å²) in [7, 11) is 0. The summed E-state index contributed by atoms with van der Waals surface area (Å²) in [5.74, 6) is 1.39. The number of rotatable bonds is 10. The number of hydrogen-bond donors (Lipinski definition) is 0. The summed E-state index contributed by atoms with van der Waals surface area (Å²) in [5.41, 5.74) is 2.51. The van der Waals surface area contributed by atoms with E-state index in [0.29, 0.717) is 19.1 Å². The van der Waals surface area contributed by atoms with E-state index in [1.165, 1.54) is 32.7 Å². The normalized spacial score (nSPS) is 14.3. The lowest BCUT2D eigenvalue weighted by Gasteiger charge is -2.18. The fourth-order valence-corrected chi connectivity index (χ4v) is 4.14. The summed E-state index contributed by atoms with van der Waals surface area (Å²) in [6.07, 6.45) is 0.792. The van der Waals surface area contributed by atoms with Crippen molar-refractivity contribution >= 4 is 21.5 Å². The van der Waals surface area contributed by atoms with E-state index in [2.05, 4.69) is 87.5 Å². The van der Waals surface area contributed by atoms with Crippen molar-refractivity contribution < 1.29 is 14.2 Å². The molecule has 3 atom stereocenters. The molecule has 3 unspecified atom stereocenters. The lowest BCUT2D eigenvalue weighted by molar-refractivity contribution is -0.0903. The average Bonchev–Trinajstić information content (AvgIpc) is 2.86. The molecule has 4 aromatic rings. The molecule has 33 heavy (non-hydrogen) atoms. The van der Waals surface area contributed by atoms with E-state index in [1.54, 1.807) is 0 Å². The van der Waals surface area contributed by atoms with Crippen LogP contribution < -0.4 is 4.74 Å². The lowest BCUT2D eigenvalue weighted by Crippen LogP contribution is -2.19. The van der Waals surface area contributed by atoms with Crippen molar-refractivity contribution in [3.8, 4) is 5.75 Å². The molecule has 4 rings (SSSR count). The van der Waals surface area contributed by atoms with Gasteiger partial charge in [-0.2, -0.15) is 0 Å². The van der Waals surface area contributed by atoms with E-state index in [4.69, 9.17) is 14.2 Å². The van der Waals surface area contributed by atoms with Crippen LogP contribution in [0.15, 0.2) is 78.9 Å². The van der Waals surface area contributed by atoms with Crippen molar-refractivity contribution in [2.24, 2.45) is 0 Å². The quantitative estimate of drug-likeness (QED) is 0.141. The molecule has 0 saturated carbocycles. The molecule has 0 aromatic heterocycles. The first-order valence-corrected chi connectivity index (χ1v) is 12.0. The molecule has 172 valence electrons. The maximum Gasteiger partial charge on any atom is 0.197 e. The van der Waals surface area contributed by atoms with Crippen LogP contribution in [0.5, 0.6) is 5.75 Å². The second-order valence-electron chi connectivity index (χ2n) is 8.71. The molecule has 0 amide bonds. The minimum absolute atomic E-state index is 0.0127. The third-order valence-corrected chi connectivity index (χ3v) is 6.41. The predicted molar refractivity (Wildman–Crippen MR) is 137 cm³/mol. The number of benzene rings is 4. The zero-order valence-corrected chi connectivity index (χ0v) is 20.1. The van der Waals surface area contributed by atoms with Gasteiger partial charge < -0.3 is 14.2 Å². The third-order valence-electron chi connectivity index (χ3n) is 6.41. The van der Waals surface area contributed by atoms with Gasteiger partial charge in [0.1, 0.15) is 5.75 Å². The Morgan fingerprint density at radius 3 is 2.06 bits per heavy atom. The van der Waals surface area contributed by atoms with Crippen molar-refractivity contribution in [2.45, 2.75) is 52.4 Å². The Balaban J connectivity index is 1.28. The molecule has 0 saturated heterocycles. The van der Waals surface area contributed by atoms with Crippen LogP contribution in [0.4, 0.5) is 0 Å². The van der Waals surface area contributed by atoms with Gasteiger partial charge in [-0.25, -0.2) is 0 Å². The molecule has 0 radical (unpaired) electrons. The Bertz CT molecular complexity index is 1180. The van der Waals surface area contributed by atoms with Gasteiger partial charge in [0.25, 0.3) is 0 Å². The Hall–Kier alpha value is -2.88. The van der Waals surface area contributed by atoms with Crippen LogP contribution in [-0.4, -0.2) is 19.5 Å². The van der Waals surface area contributed by atoms with Crippen LogP contribution in [0.3, 0.4) is 0 Å². The van der Waals surface area contributed by atoms with Crippen LogP contribution >= 0.6 is 0 Å². The highest BCUT2D eigenvalue weighted by molar-refractivity contribution is 6.07. The van der Waals surface area contributed by atoms with Gasteiger partial charge in [0, 0.05) is 0 Å². The molecular formula is C30H34O3. The predicted octanol–water partition coefficient (Wildman–Crippen LogP) is 8.03. The highest BCUT2D eigenvalue weighted by atomic mass is 16.7. The van der Waals surface area contributed by atoms with Gasteiger partial charge in [0.2, 0.25) is 0 Å². The zero-order chi connectivity index (χ0) is 23.2. The Morgan fingerprint density at radius 1 is 0.667 bits per heavy atom. The van der Waals surface area contributed by atoms with Gasteiger partial charge in [-0.3, -0.25) is 0 Å². The van der Waals surface area contributed by atoms with Crippen molar-refractivity contribution in [2.75, 3.05) is 13.2 Å². The molecule has 0 heterocycles. The van der Waals surface area contributed by atoms with Crippen LogP contribution in [0.2, 0.25) is 0 Å². The molecule has 0 fully saturated rings. The van der Waals surface area contributed by atoms with Crippen LogP contribution in [-0.2, 0) is 9.47 Å². The van der Waals surface area contributed by atoms with Crippen molar-refractivity contribution in [1.82, 2.24) is 0 Å². The van der Waals surface area contributed by atoms with Crippen LogP contribution in [0.1, 0.15) is 57.3 Å². The number of fused-ring (bicyclic) bond motifs is 3. The van der Waals surface area contributed by atoms with E-state index >= 15 is 0 Å². The second-order valence-corrected chi connectivity index (χ2v) is 8.71. The standard InChI is InChI=1S/C30H34O3/c1-5-21(2)24-14-16-28(17-15-24)33-23(4)32-19-18-31-22(3)27-13-12-26-11-10-25-8-6-7-9-29(25)30(26)20-27/h6-17,20-23H,5,18-19H2,1-4H3. The van der Waals surface area contributed by atoms with Crippen LogP contribution in [0.25, 0.3) is 21.5 Å². The molecule has 0 aliphatic rings. The van der Waals surface area contributed by atoms with Crippen molar-refractivity contribution in [3.63, 3.8) is 0 Å². The molecule has 0 N–H and O–H groups in total. The first-order valence-electron chi connectivity index (χ1n) is 12.0. The Labute approximate surface area is 197 Å². The molecule has 0 spiro atoms. The lowest BCUT2D eigenvalue weighted by atomic mass is 9.98. The fourth-order valence-electron chi connectivity index (χ4n) is 4.14. The second kappa shape index (κ2) is 10.8. The van der Waals surface area contributed by atoms with E-state index in [1.807, 2.05) is 19.1 Å². The zero-order valence-electron chi connectivity index (χ0n) is 20.1. The van der Waals surface area contributed by atoms with Gasteiger partial charge in [0.05, 0.1) is 19.3 Å². The summed E-state index contributed by atoms with van der Waals surface area (Å²) in [6, 6.07) is 27.7. The molecule has 0 aliphatic heterocycles. The van der Waals surface area contributed by atoms with E-state index in [-0.39, 0.29) is 12.4 Å². The van der Waals surface area contributed by atoms with Crippen molar-refractivity contribution in [1.29, 1.82) is 0 Å². The van der Waals surface area contributed by atoms with E-state index in [0.717, 1.165) is 12.2 Å². The number of hydrogen-bond acceptors (Lipinski definition) is 3. The van der Waals surface area contributed by atoms with Crippen molar-refractivity contribution in [3.05, 3.63) is 90.0 Å². The van der Waals surface area contributed by atoms with Gasteiger partial charge in [0.15, 0.2) is 6.29 Å². The Morgan fingerprint density at radius 2 is 1.30 bits per heavy atom. The van der Waals surface area contributed by atoms with Gasteiger partial charge in [-0.15, -0.1) is 0 Å². The summed E-state index contributed by atoms with van der Waals surface area (Å²) in [5, 5.41) is 5.04.